The van der Waals surface area contributed by atoms with E-state index in [4.69, 9.17) is 11.0 Å². The van der Waals surface area contributed by atoms with E-state index < -0.39 is 66.8 Å². The van der Waals surface area contributed by atoms with E-state index in [0.717, 1.165) is 16.3 Å². The van der Waals surface area contributed by atoms with Gasteiger partial charge in [-0.3, -0.25) is 0 Å². The van der Waals surface area contributed by atoms with Gasteiger partial charge in [0.15, 0.2) is 0 Å². The summed E-state index contributed by atoms with van der Waals surface area (Å²) in [5.74, 6) is 0. The van der Waals surface area contributed by atoms with Crippen molar-refractivity contribution in [2.45, 2.75) is 31.9 Å². The van der Waals surface area contributed by atoms with Crippen LogP contribution in [0.2, 0.25) is 0 Å². The zero-order chi connectivity index (χ0) is 25.6. The van der Waals surface area contributed by atoms with Gasteiger partial charge in [0.05, 0.1) is 11.0 Å². The molecule has 0 spiro atoms. The van der Waals surface area contributed by atoms with Gasteiger partial charge in [0, 0.05) is 11.5 Å². The molecule has 0 radical (unpaired) electrons. The molecule has 0 unspecified atom stereocenters. The maximum atomic E-state index is 13.4. The minimum atomic E-state index is -5.24. The van der Waals surface area contributed by atoms with Gasteiger partial charge in [-0.15, -0.1) is 0 Å². The minimum Gasteiger partial charge on any atom is -0.310 e. The highest BCUT2D eigenvalue weighted by atomic mass is 19.4. The molecule has 0 bridgehead atoms. The second-order valence-electron chi connectivity index (χ2n) is 5.72. The average molecular weight is 365 g/mol. The summed E-state index contributed by atoms with van der Waals surface area (Å²) in [5.41, 5.74) is -2.26. The van der Waals surface area contributed by atoms with Crippen LogP contribution >= 0.6 is 0 Å². The highest BCUT2D eigenvalue weighted by molar-refractivity contribution is 5.86. The molecule has 0 heterocycles. The van der Waals surface area contributed by atoms with E-state index in [1.165, 1.54) is 0 Å². The number of rotatable bonds is 6. The predicted molar refractivity (Wildman–Crippen MR) is 100 cm³/mol. The molecule has 3 aromatic carbocycles. The number of halogens is 3. The summed E-state index contributed by atoms with van der Waals surface area (Å²) < 4.78 is 105. The molecule has 0 aliphatic rings. The molecule has 0 saturated heterocycles. The fourth-order valence-electron chi connectivity index (χ4n) is 2.62. The molecule has 0 aliphatic carbocycles. The fourth-order valence-corrected chi connectivity index (χ4v) is 2.62. The molecule has 0 fully saturated rings. The van der Waals surface area contributed by atoms with Crippen molar-refractivity contribution in [2.75, 3.05) is 6.54 Å². The topological polar surface area (TPSA) is 12.0 Å². The van der Waals surface area contributed by atoms with Crippen LogP contribution in [0.25, 0.3) is 10.8 Å². The summed E-state index contributed by atoms with van der Waals surface area (Å²) >= 11 is 0. The Morgan fingerprint density at radius 3 is 2.69 bits per heavy atom. The standard InChI is InChI=1S/C22H22F3N/c1-16(20-13-5-10-18-9-2-3-12-21(18)20)26-14-6-8-17-7-4-11-19(15-17)22(23,24)25/h2-5,7,9-13,15-16,26H,6,8,14H2,1H3/t16-/m1/s1/i4D,6D2,7D,8D2,11D,15D. The van der Waals surface area contributed by atoms with E-state index in [1.807, 2.05) is 42.5 Å². The first-order chi connectivity index (χ1) is 15.6. The van der Waals surface area contributed by atoms with Crippen LogP contribution in [0.4, 0.5) is 13.2 Å². The summed E-state index contributed by atoms with van der Waals surface area (Å²) in [4.78, 5) is 0. The highest BCUT2D eigenvalue weighted by Gasteiger charge is 2.30. The van der Waals surface area contributed by atoms with Crippen LogP contribution in [0.1, 0.15) is 47.0 Å². The Kier molecular flexibility index (Phi) is 3.27. The molecule has 3 rings (SSSR count). The Balaban J connectivity index is 1.98. The van der Waals surface area contributed by atoms with Gasteiger partial charge < -0.3 is 5.32 Å². The van der Waals surface area contributed by atoms with Crippen molar-refractivity contribution in [3.63, 3.8) is 0 Å². The summed E-state index contributed by atoms with van der Waals surface area (Å²) in [6.45, 7) is 1.08. The van der Waals surface area contributed by atoms with Crippen LogP contribution in [0.15, 0.2) is 66.6 Å². The summed E-state index contributed by atoms with van der Waals surface area (Å²) in [7, 11) is 0. The van der Waals surface area contributed by atoms with Crippen molar-refractivity contribution in [1.29, 1.82) is 0 Å². The van der Waals surface area contributed by atoms with E-state index in [9.17, 15) is 13.2 Å². The molecule has 1 atom stereocenters. The molecule has 136 valence electrons. The largest absolute Gasteiger partial charge is 0.416 e. The van der Waals surface area contributed by atoms with Gasteiger partial charge in [-0.25, -0.2) is 0 Å². The van der Waals surface area contributed by atoms with Gasteiger partial charge in [-0.05, 0) is 54.2 Å². The lowest BCUT2D eigenvalue weighted by molar-refractivity contribution is -0.137. The number of fused-ring (bicyclic) bond motifs is 1. The Bertz CT molecular complexity index is 1220. The van der Waals surface area contributed by atoms with Crippen LogP contribution in [0.5, 0.6) is 0 Å². The molecular formula is C22H22F3N. The lowest BCUT2D eigenvalue weighted by Crippen LogP contribution is -2.20. The Morgan fingerprint density at radius 1 is 1.12 bits per heavy atom. The van der Waals surface area contributed by atoms with Crippen LogP contribution in [0.3, 0.4) is 0 Å². The number of hydrogen-bond acceptors (Lipinski definition) is 1. The lowest BCUT2D eigenvalue weighted by atomic mass is 9.99. The molecule has 0 aromatic heterocycles. The fraction of sp³-hybridized carbons (Fsp3) is 0.273. The lowest BCUT2D eigenvalue weighted by Gasteiger charge is -2.17. The SMILES string of the molecule is [2H]c1c([2H])c(C(F)(F)F)c([2H])c(C([2H])([2H])C([2H])([2H])CN[C@H](C)c2cccc3ccccc23)c1[2H]. The molecule has 0 aliphatic heterocycles. The number of hydrogen-bond donors (Lipinski definition) is 1. The molecular weight excluding hydrogens is 335 g/mol. The van der Waals surface area contributed by atoms with Gasteiger partial charge in [-0.1, -0.05) is 60.6 Å². The van der Waals surface area contributed by atoms with E-state index in [-0.39, 0.29) is 0 Å². The zero-order valence-corrected chi connectivity index (χ0v) is 14.0. The third kappa shape index (κ3) is 4.44. The average Bonchev–Trinajstić information content (AvgIpc) is 2.74. The third-order valence-electron chi connectivity index (χ3n) is 3.91. The molecule has 1 N–H and O–H groups in total. The highest BCUT2D eigenvalue weighted by Crippen LogP contribution is 2.29. The number of alkyl halides is 3. The number of benzene rings is 3. The van der Waals surface area contributed by atoms with Crippen molar-refractivity contribution in [1.82, 2.24) is 5.32 Å². The molecule has 1 nitrogen and oxygen atoms in total. The van der Waals surface area contributed by atoms with Crippen molar-refractivity contribution >= 4 is 10.8 Å². The molecule has 0 amide bonds. The maximum absolute atomic E-state index is 13.4. The van der Waals surface area contributed by atoms with Crippen molar-refractivity contribution < 1.29 is 24.1 Å². The first-order valence-electron chi connectivity index (χ1n) is 12.0. The van der Waals surface area contributed by atoms with Crippen LogP contribution < -0.4 is 5.32 Å². The van der Waals surface area contributed by atoms with Gasteiger partial charge >= 0.3 is 6.18 Å². The third-order valence-corrected chi connectivity index (χ3v) is 3.91. The minimum absolute atomic E-state index is 0.462. The van der Waals surface area contributed by atoms with Gasteiger partial charge in [0.25, 0.3) is 0 Å². The Morgan fingerprint density at radius 2 is 1.88 bits per heavy atom. The van der Waals surface area contributed by atoms with E-state index in [1.54, 1.807) is 6.92 Å². The van der Waals surface area contributed by atoms with Crippen LogP contribution in [-0.2, 0) is 12.5 Å². The molecule has 3 aromatic rings. The zero-order valence-electron chi connectivity index (χ0n) is 22.0. The quantitative estimate of drug-likeness (QED) is 0.553. The van der Waals surface area contributed by atoms with Crippen molar-refractivity contribution in [3.8, 4) is 0 Å². The number of nitrogens with one attached hydrogen (secondary N) is 1. The van der Waals surface area contributed by atoms with E-state index in [2.05, 4.69) is 5.32 Å². The normalized spacial score (nSPS) is 18.6. The molecule has 0 saturated carbocycles. The molecule has 4 heteroatoms. The summed E-state index contributed by atoms with van der Waals surface area (Å²) in [6, 6.07) is 7.34. The molecule has 26 heavy (non-hydrogen) atoms. The summed E-state index contributed by atoms with van der Waals surface area (Å²) in [5, 5.41) is 4.72. The van der Waals surface area contributed by atoms with Gasteiger partial charge in [-0.2, -0.15) is 13.2 Å². The monoisotopic (exact) mass is 365 g/mol. The first-order valence-corrected chi connectivity index (χ1v) is 8.00. The van der Waals surface area contributed by atoms with Crippen LogP contribution in [-0.4, -0.2) is 6.54 Å². The van der Waals surface area contributed by atoms with Crippen LogP contribution in [0, 0.1) is 0 Å². The second kappa shape index (κ2) is 7.92. The maximum Gasteiger partial charge on any atom is 0.416 e. The van der Waals surface area contributed by atoms with E-state index >= 15 is 0 Å². The Hall–Kier alpha value is -2.33. The van der Waals surface area contributed by atoms with Crippen molar-refractivity contribution in [3.05, 3.63) is 83.3 Å². The second-order valence-corrected chi connectivity index (χ2v) is 5.72. The Labute approximate surface area is 163 Å². The van der Waals surface area contributed by atoms with Crippen molar-refractivity contribution in [2.24, 2.45) is 0 Å². The van der Waals surface area contributed by atoms with E-state index in [0.29, 0.717) is 0 Å². The first kappa shape index (κ1) is 10.7. The van der Waals surface area contributed by atoms with Gasteiger partial charge in [0.2, 0.25) is 0 Å². The summed E-state index contributed by atoms with van der Waals surface area (Å²) in [6.07, 6.45) is -11.3. The van der Waals surface area contributed by atoms with Gasteiger partial charge in [0.1, 0.15) is 0 Å². The smallest absolute Gasteiger partial charge is 0.310 e. The predicted octanol–water partition coefficient (Wildman–Crippen LogP) is 6.14.